The highest BCUT2D eigenvalue weighted by Crippen LogP contribution is 2.12. The van der Waals surface area contributed by atoms with Gasteiger partial charge in [0.15, 0.2) is 6.04 Å². The molecule has 5 nitrogen and oxygen atoms in total. The van der Waals surface area contributed by atoms with Crippen LogP contribution in [-0.4, -0.2) is 30.1 Å². The standard InChI is InChI=1S/C13H14N2O3/c1-2-8-14-9-11(16)15-12(13(17)18)10-6-4-3-5-7-10/h1,3-7,12,14H,8-9H2,(H,15,16)(H,17,18). The average Bonchev–Trinajstić information content (AvgIpc) is 2.37. The number of nitrogens with one attached hydrogen (secondary N) is 2. The zero-order valence-corrected chi connectivity index (χ0v) is 9.72. The van der Waals surface area contributed by atoms with Crippen molar-refractivity contribution in [2.45, 2.75) is 6.04 Å². The molecule has 1 aromatic rings. The molecule has 0 aliphatic heterocycles. The van der Waals surface area contributed by atoms with Crippen molar-refractivity contribution < 1.29 is 14.7 Å². The van der Waals surface area contributed by atoms with Gasteiger partial charge in [-0.15, -0.1) is 6.42 Å². The van der Waals surface area contributed by atoms with Gasteiger partial charge in [-0.3, -0.25) is 10.1 Å². The third kappa shape index (κ3) is 4.28. The van der Waals surface area contributed by atoms with Crippen molar-refractivity contribution >= 4 is 11.9 Å². The van der Waals surface area contributed by atoms with Gasteiger partial charge < -0.3 is 10.4 Å². The number of rotatable bonds is 6. The molecule has 94 valence electrons. The van der Waals surface area contributed by atoms with Crippen LogP contribution >= 0.6 is 0 Å². The number of terminal acetylenes is 1. The van der Waals surface area contributed by atoms with Crippen molar-refractivity contribution in [3.8, 4) is 12.3 Å². The van der Waals surface area contributed by atoms with E-state index in [2.05, 4.69) is 16.6 Å². The number of carboxylic acid groups (broad SMARTS) is 1. The van der Waals surface area contributed by atoms with Crippen molar-refractivity contribution in [2.24, 2.45) is 0 Å². The highest BCUT2D eigenvalue weighted by Gasteiger charge is 2.21. The lowest BCUT2D eigenvalue weighted by Gasteiger charge is -2.14. The van der Waals surface area contributed by atoms with Crippen LogP contribution in [0, 0.1) is 12.3 Å². The van der Waals surface area contributed by atoms with E-state index in [1.165, 1.54) is 0 Å². The van der Waals surface area contributed by atoms with E-state index in [-0.39, 0.29) is 13.1 Å². The molecular weight excluding hydrogens is 232 g/mol. The minimum absolute atomic E-state index is 0.0131. The molecule has 0 spiro atoms. The molecule has 0 saturated carbocycles. The molecule has 0 radical (unpaired) electrons. The van der Waals surface area contributed by atoms with Crippen LogP contribution in [0.3, 0.4) is 0 Å². The predicted octanol–water partition coefficient (Wildman–Crippen LogP) is 0.151. The van der Waals surface area contributed by atoms with Gasteiger partial charge in [0, 0.05) is 0 Å². The molecule has 0 aliphatic carbocycles. The number of benzene rings is 1. The summed E-state index contributed by atoms with van der Waals surface area (Å²) in [7, 11) is 0. The molecular formula is C13H14N2O3. The van der Waals surface area contributed by atoms with Crippen LogP contribution in [0.15, 0.2) is 30.3 Å². The van der Waals surface area contributed by atoms with E-state index in [0.717, 1.165) is 0 Å². The Bertz CT molecular complexity index is 451. The van der Waals surface area contributed by atoms with Crippen molar-refractivity contribution in [2.75, 3.05) is 13.1 Å². The Morgan fingerprint density at radius 3 is 2.56 bits per heavy atom. The normalized spacial score (nSPS) is 11.3. The molecule has 1 amide bonds. The summed E-state index contributed by atoms with van der Waals surface area (Å²) in [6, 6.07) is 7.45. The second-order valence-corrected chi connectivity index (χ2v) is 3.56. The van der Waals surface area contributed by atoms with Crippen LogP contribution in [0.4, 0.5) is 0 Å². The third-order valence-electron chi connectivity index (χ3n) is 2.20. The van der Waals surface area contributed by atoms with Crippen molar-refractivity contribution in [3.05, 3.63) is 35.9 Å². The summed E-state index contributed by atoms with van der Waals surface area (Å²) in [6.07, 6.45) is 5.02. The minimum Gasteiger partial charge on any atom is -0.479 e. The molecule has 5 heteroatoms. The highest BCUT2D eigenvalue weighted by atomic mass is 16.4. The molecule has 18 heavy (non-hydrogen) atoms. The summed E-state index contributed by atoms with van der Waals surface area (Å²) in [5.41, 5.74) is 0.523. The van der Waals surface area contributed by atoms with Gasteiger partial charge >= 0.3 is 5.97 Å². The lowest BCUT2D eigenvalue weighted by Crippen LogP contribution is -2.39. The second-order valence-electron chi connectivity index (χ2n) is 3.56. The van der Waals surface area contributed by atoms with Gasteiger partial charge in [-0.1, -0.05) is 36.3 Å². The van der Waals surface area contributed by atoms with Crippen LogP contribution in [-0.2, 0) is 9.59 Å². The first-order valence-corrected chi connectivity index (χ1v) is 5.36. The number of hydrogen-bond acceptors (Lipinski definition) is 3. The van der Waals surface area contributed by atoms with E-state index in [9.17, 15) is 9.59 Å². The number of hydrogen-bond donors (Lipinski definition) is 3. The lowest BCUT2D eigenvalue weighted by atomic mass is 10.1. The number of aliphatic carboxylic acids is 1. The highest BCUT2D eigenvalue weighted by molar-refractivity contribution is 5.85. The SMILES string of the molecule is C#CCNCC(=O)NC(C(=O)O)c1ccccc1. The monoisotopic (exact) mass is 246 g/mol. The van der Waals surface area contributed by atoms with Gasteiger partial charge in [0.25, 0.3) is 0 Å². The molecule has 0 aromatic heterocycles. The van der Waals surface area contributed by atoms with Gasteiger partial charge in [-0.05, 0) is 5.56 Å². The maximum absolute atomic E-state index is 11.5. The first kappa shape index (κ1) is 13.7. The number of amides is 1. The summed E-state index contributed by atoms with van der Waals surface area (Å²) in [5, 5.41) is 14.2. The molecule has 0 fully saturated rings. The summed E-state index contributed by atoms with van der Waals surface area (Å²) in [6.45, 7) is 0.247. The van der Waals surface area contributed by atoms with Crippen molar-refractivity contribution in [3.63, 3.8) is 0 Å². The maximum atomic E-state index is 11.5. The quantitative estimate of drug-likeness (QED) is 0.493. The largest absolute Gasteiger partial charge is 0.479 e. The molecule has 1 atom stereocenters. The van der Waals surface area contributed by atoms with Gasteiger partial charge in [0.05, 0.1) is 13.1 Å². The van der Waals surface area contributed by atoms with Crippen LogP contribution in [0.5, 0.6) is 0 Å². The first-order chi connectivity index (χ1) is 8.65. The minimum atomic E-state index is -1.11. The van der Waals surface area contributed by atoms with E-state index < -0.39 is 17.9 Å². The fourth-order valence-electron chi connectivity index (χ4n) is 1.39. The second kappa shape index (κ2) is 7.09. The molecule has 0 saturated heterocycles. The zero-order valence-electron chi connectivity index (χ0n) is 9.72. The summed E-state index contributed by atoms with van der Waals surface area (Å²) >= 11 is 0. The van der Waals surface area contributed by atoms with E-state index in [1.807, 2.05) is 0 Å². The van der Waals surface area contributed by atoms with Crippen LogP contribution in [0.2, 0.25) is 0 Å². The van der Waals surface area contributed by atoms with Crippen LogP contribution < -0.4 is 10.6 Å². The molecule has 3 N–H and O–H groups in total. The van der Waals surface area contributed by atoms with Gasteiger partial charge in [0.2, 0.25) is 5.91 Å². The lowest BCUT2D eigenvalue weighted by molar-refractivity contribution is -0.141. The fourth-order valence-corrected chi connectivity index (χ4v) is 1.39. The Labute approximate surface area is 105 Å². The van der Waals surface area contributed by atoms with Gasteiger partial charge in [-0.25, -0.2) is 4.79 Å². The topological polar surface area (TPSA) is 78.4 Å². The van der Waals surface area contributed by atoms with Gasteiger partial charge in [0.1, 0.15) is 0 Å². The summed E-state index contributed by atoms with van der Waals surface area (Å²) in [4.78, 5) is 22.6. The Kier molecular flexibility index (Phi) is 5.42. The molecule has 0 aliphatic rings. The van der Waals surface area contributed by atoms with Crippen molar-refractivity contribution in [1.82, 2.24) is 10.6 Å². The Morgan fingerprint density at radius 2 is 2.00 bits per heavy atom. The number of carbonyl (C=O) groups excluding carboxylic acids is 1. The number of carbonyl (C=O) groups is 2. The molecule has 0 heterocycles. The average molecular weight is 246 g/mol. The van der Waals surface area contributed by atoms with E-state index in [4.69, 9.17) is 11.5 Å². The van der Waals surface area contributed by atoms with Crippen molar-refractivity contribution in [1.29, 1.82) is 0 Å². The summed E-state index contributed by atoms with van der Waals surface area (Å²) in [5.74, 6) is 0.803. The van der Waals surface area contributed by atoms with E-state index >= 15 is 0 Å². The van der Waals surface area contributed by atoms with E-state index in [1.54, 1.807) is 30.3 Å². The molecule has 1 unspecified atom stereocenters. The third-order valence-corrected chi connectivity index (χ3v) is 2.20. The zero-order chi connectivity index (χ0) is 13.4. The Hall–Kier alpha value is -2.32. The van der Waals surface area contributed by atoms with E-state index in [0.29, 0.717) is 5.56 Å². The Morgan fingerprint density at radius 1 is 1.33 bits per heavy atom. The molecule has 1 aromatic carbocycles. The molecule has 0 bridgehead atoms. The Balaban J connectivity index is 2.63. The summed E-state index contributed by atoms with van der Waals surface area (Å²) < 4.78 is 0. The van der Waals surface area contributed by atoms with Crippen LogP contribution in [0.25, 0.3) is 0 Å². The first-order valence-electron chi connectivity index (χ1n) is 5.36. The predicted molar refractivity (Wildman–Crippen MR) is 66.7 cm³/mol. The van der Waals surface area contributed by atoms with Crippen LogP contribution in [0.1, 0.15) is 11.6 Å². The smallest absolute Gasteiger partial charge is 0.330 e. The number of carboxylic acids is 1. The maximum Gasteiger partial charge on any atom is 0.330 e. The van der Waals surface area contributed by atoms with Gasteiger partial charge in [-0.2, -0.15) is 0 Å². The molecule has 1 rings (SSSR count). The fraction of sp³-hybridized carbons (Fsp3) is 0.231.